The van der Waals surface area contributed by atoms with Crippen LogP contribution in [0.15, 0.2) is 78.2 Å². The minimum absolute atomic E-state index is 0.0163. The van der Waals surface area contributed by atoms with E-state index in [1.165, 1.54) is 0 Å². The zero-order valence-corrected chi connectivity index (χ0v) is 20.6. The second-order valence-corrected chi connectivity index (χ2v) is 7.81. The number of ketones is 1. The van der Waals surface area contributed by atoms with Crippen LogP contribution in [-0.2, 0) is 4.79 Å². The predicted molar refractivity (Wildman–Crippen MR) is 138 cm³/mol. The number of anilines is 1. The number of allylic oxidation sites excluding steroid dienone is 3. The third-order valence-corrected chi connectivity index (χ3v) is 5.29. The van der Waals surface area contributed by atoms with Crippen LogP contribution in [0.5, 0.6) is 0 Å². The van der Waals surface area contributed by atoms with Crippen LogP contribution in [0.1, 0.15) is 53.0 Å². The summed E-state index contributed by atoms with van der Waals surface area (Å²) in [7, 11) is 1.78. The lowest BCUT2D eigenvalue weighted by molar-refractivity contribution is -0.121. The summed E-state index contributed by atoms with van der Waals surface area (Å²) in [5.74, 6) is 6.48. The van der Waals surface area contributed by atoms with Gasteiger partial charge in [0, 0.05) is 42.8 Å². The zero-order valence-electron chi connectivity index (χ0n) is 20.6. The van der Waals surface area contributed by atoms with E-state index >= 15 is 0 Å². The van der Waals surface area contributed by atoms with Crippen LogP contribution >= 0.6 is 0 Å². The first kappa shape index (κ1) is 27.0. The van der Waals surface area contributed by atoms with Crippen LogP contribution in [0.4, 0.5) is 5.69 Å². The monoisotopic (exact) mass is 436 g/mol. The van der Waals surface area contributed by atoms with Crippen molar-refractivity contribution in [3.63, 3.8) is 0 Å². The molecule has 0 atom stereocenters. The summed E-state index contributed by atoms with van der Waals surface area (Å²) < 4.78 is 0. The van der Waals surface area contributed by atoms with Crippen LogP contribution in [-0.4, -0.2) is 24.4 Å². The number of carbonyl (C=O) groups is 1. The van der Waals surface area contributed by atoms with Crippen LogP contribution in [0.25, 0.3) is 5.70 Å². The van der Waals surface area contributed by atoms with Gasteiger partial charge in [0.2, 0.25) is 0 Å². The van der Waals surface area contributed by atoms with Gasteiger partial charge in [0.1, 0.15) is 5.78 Å². The molecule has 1 aliphatic heterocycles. The van der Waals surface area contributed by atoms with Gasteiger partial charge in [-0.3, -0.25) is 4.79 Å². The molecule has 0 unspecified atom stereocenters. The number of nitrogens with zero attached hydrogens (tertiary/aromatic N) is 2. The lowest BCUT2D eigenvalue weighted by atomic mass is 9.94. The van der Waals surface area contributed by atoms with Gasteiger partial charge in [0.05, 0.1) is 17.1 Å². The Kier molecular flexibility index (Phi) is 10.7. The maximum Gasteiger partial charge on any atom is 0.135 e. The number of nitrogens with two attached hydrogens (primary N) is 2. The molecular weight excluding hydrogens is 396 g/mol. The molecule has 0 saturated carbocycles. The van der Waals surface area contributed by atoms with Crippen molar-refractivity contribution in [2.75, 3.05) is 18.5 Å². The predicted octanol–water partition coefficient (Wildman–Crippen LogP) is 5.54. The highest BCUT2D eigenvalue weighted by molar-refractivity contribution is 5.83. The maximum absolute atomic E-state index is 12.2. The zero-order chi connectivity index (χ0) is 24.4. The second kappa shape index (κ2) is 12.7. The van der Waals surface area contributed by atoms with Gasteiger partial charge in [-0.2, -0.15) is 0 Å². The van der Waals surface area contributed by atoms with Gasteiger partial charge in [-0.15, -0.1) is 0 Å². The molecule has 0 radical (unpaired) electrons. The van der Waals surface area contributed by atoms with Crippen LogP contribution < -0.4 is 16.5 Å². The van der Waals surface area contributed by atoms with Crippen molar-refractivity contribution < 1.29 is 4.79 Å². The fourth-order valence-corrected chi connectivity index (χ4v) is 3.59. The Morgan fingerprint density at radius 2 is 1.88 bits per heavy atom. The number of para-hydroxylation sites is 1. The molecule has 0 fully saturated rings. The largest absolute Gasteiger partial charge is 0.396 e. The van der Waals surface area contributed by atoms with E-state index in [1.807, 2.05) is 77.1 Å². The fraction of sp³-hybridized carbons (Fsp3) is 0.370. The van der Waals surface area contributed by atoms with Crippen LogP contribution in [0.3, 0.4) is 0 Å². The summed E-state index contributed by atoms with van der Waals surface area (Å²) in [5, 5.41) is 1.55. The molecule has 5 heteroatoms. The van der Waals surface area contributed by atoms with E-state index < -0.39 is 0 Å². The molecular formula is C27H40N4O. The summed E-state index contributed by atoms with van der Waals surface area (Å²) in [4.78, 5) is 14.3. The average molecular weight is 437 g/mol. The van der Waals surface area contributed by atoms with Crippen molar-refractivity contribution in [1.82, 2.24) is 5.01 Å². The summed E-state index contributed by atoms with van der Waals surface area (Å²) >= 11 is 0. The molecule has 0 saturated heterocycles. The van der Waals surface area contributed by atoms with Gasteiger partial charge >= 0.3 is 0 Å². The van der Waals surface area contributed by atoms with Crippen molar-refractivity contribution in [3.05, 3.63) is 83.8 Å². The molecule has 5 nitrogen and oxygen atoms in total. The Morgan fingerprint density at radius 1 is 1.25 bits per heavy atom. The number of hydrogen-bond acceptors (Lipinski definition) is 5. The van der Waals surface area contributed by atoms with E-state index in [-0.39, 0.29) is 11.7 Å². The number of rotatable bonds is 8. The molecule has 174 valence electrons. The van der Waals surface area contributed by atoms with Gasteiger partial charge < -0.3 is 15.6 Å². The lowest BCUT2D eigenvalue weighted by Gasteiger charge is -2.34. The number of Topliss-reactive ketones (excluding diaryl/α,β-unsaturated/α-hetero) is 1. The summed E-state index contributed by atoms with van der Waals surface area (Å²) in [6.45, 7) is 18.7. The van der Waals surface area contributed by atoms with E-state index in [4.69, 9.17) is 11.6 Å². The van der Waals surface area contributed by atoms with Crippen molar-refractivity contribution in [2.24, 2.45) is 17.5 Å². The first-order valence-corrected chi connectivity index (χ1v) is 11.3. The van der Waals surface area contributed by atoms with Crippen molar-refractivity contribution in [2.45, 2.75) is 47.5 Å². The Morgan fingerprint density at radius 3 is 2.41 bits per heavy atom. The van der Waals surface area contributed by atoms with Gasteiger partial charge in [0.25, 0.3) is 0 Å². The standard InChI is InChI=1S/C25H34N4O.C2H6/c1-7-11-20-19(8-2)16-29(18(5)14-15-23(30)17(3)4)22-13-10-9-12-21(22)25(24(20)26)28(6)27;1-2/h7-13,17H,2,5,14-16,26-27H2,1,3-4,6H3;1-2H3/b11-7-,20-19-,25-24-;. The number of benzene rings is 1. The molecule has 1 aliphatic rings. The first-order chi connectivity index (χ1) is 15.2. The quantitative estimate of drug-likeness (QED) is 0.413. The topological polar surface area (TPSA) is 75.6 Å². The maximum atomic E-state index is 12.2. The molecule has 1 aromatic rings. The Hall–Kier alpha value is -3.05. The second-order valence-electron chi connectivity index (χ2n) is 7.81. The summed E-state index contributed by atoms with van der Waals surface area (Å²) in [5.41, 5.74) is 12.5. The highest BCUT2D eigenvalue weighted by Crippen LogP contribution is 2.37. The third kappa shape index (κ3) is 6.24. The highest BCUT2D eigenvalue weighted by Gasteiger charge is 2.25. The minimum Gasteiger partial charge on any atom is -0.396 e. The van der Waals surface area contributed by atoms with Gasteiger partial charge in [0.15, 0.2) is 0 Å². The number of carbonyl (C=O) groups excluding carboxylic acids is 1. The molecule has 1 heterocycles. The van der Waals surface area contributed by atoms with Gasteiger partial charge in [-0.25, -0.2) is 5.84 Å². The molecule has 0 bridgehead atoms. The molecule has 1 aromatic carbocycles. The van der Waals surface area contributed by atoms with Crippen LogP contribution in [0, 0.1) is 5.92 Å². The Labute approximate surface area is 194 Å². The molecule has 0 aromatic heterocycles. The van der Waals surface area contributed by atoms with E-state index in [1.54, 1.807) is 12.1 Å². The number of hydrazine groups is 1. The molecule has 0 spiro atoms. The van der Waals surface area contributed by atoms with Crippen molar-refractivity contribution in [1.29, 1.82) is 0 Å². The Balaban J connectivity index is 0.00000249. The van der Waals surface area contributed by atoms with E-state index in [0.29, 0.717) is 25.1 Å². The van der Waals surface area contributed by atoms with E-state index in [2.05, 4.69) is 18.1 Å². The molecule has 0 amide bonds. The average Bonchev–Trinajstić information content (AvgIpc) is 2.77. The Bertz CT molecular complexity index is 919. The smallest absolute Gasteiger partial charge is 0.135 e. The molecule has 2 rings (SSSR count). The molecule has 32 heavy (non-hydrogen) atoms. The van der Waals surface area contributed by atoms with Crippen molar-refractivity contribution >= 4 is 17.2 Å². The van der Waals surface area contributed by atoms with Crippen LogP contribution in [0.2, 0.25) is 0 Å². The third-order valence-electron chi connectivity index (χ3n) is 5.29. The SMILES string of the molecule is C=C/C1=C(\C=C/C)C(/N)=C(/N(C)N)c2ccccc2N(C(=C)CCC(=O)C(C)C)C1.CC. The van der Waals surface area contributed by atoms with Gasteiger partial charge in [-0.1, -0.05) is 77.3 Å². The van der Waals surface area contributed by atoms with Crippen molar-refractivity contribution in [3.8, 4) is 0 Å². The number of fused-ring (bicyclic) bond motifs is 1. The van der Waals surface area contributed by atoms with E-state index in [9.17, 15) is 4.79 Å². The lowest BCUT2D eigenvalue weighted by Crippen LogP contribution is -2.33. The molecule has 0 aliphatic carbocycles. The first-order valence-electron chi connectivity index (χ1n) is 11.3. The summed E-state index contributed by atoms with van der Waals surface area (Å²) in [6.07, 6.45) is 6.80. The van der Waals surface area contributed by atoms with Gasteiger partial charge in [-0.05, 0) is 25.0 Å². The fourth-order valence-electron chi connectivity index (χ4n) is 3.59. The highest BCUT2D eigenvalue weighted by atomic mass is 16.1. The normalized spacial score (nSPS) is 18.4. The minimum atomic E-state index is 0.0163. The number of hydrogen-bond donors (Lipinski definition) is 2. The summed E-state index contributed by atoms with van der Waals surface area (Å²) in [6, 6.07) is 7.98. The molecule has 4 N–H and O–H groups in total. The van der Waals surface area contributed by atoms with E-state index in [0.717, 1.165) is 33.8 Å².